The lowest BCUT2D eigenvalue weighted by Crippen LogP contribution is -1.99. The minimum Gasteiger partial charge on any atom is -0.440 e. The molecular formula is C8H10N2O2. The number of hydrogen-bond acceptors (Lipinski definition) is 4. The molecule has 12 heavy (non-hydrogen) atoms. The van der Waals surface area contributed by atoms with Crippen LogP contribution in [-0.4, -0.2) is 10.8 Å². The molecule has 0 unspecified atom stereocenters. The highest BCUT2D eigenvalue weighted by Crippen LogP contribution is 2.08. The van der Waals surface area contributed by atoms with Gasteiger partial charge in [-0.2, -0.15) is 0 Å². The number of nitrogens with zero attached hydrogens (tertiary/aromatic N) is 1. The zero-order valence-electron chi connectivity index (χ0n) is 7.00. The second-order valence-corrected chi connectivity index (χ2v) is 2.49. The molecule has 0 amide bonds. The predicted molar refractivity (Wildman–Crippen MR) is 44.1 cm³/mol. The van der Waals surface area contributed by atoms with Gasteiger partial charge in [0.25, 0.3) is 0 Å². The third-order valence-corrected chi connectivity index (χ3v) is 1.23. The summed E-state index contributed by atoms with van der Waals surface area (Å²) in [7, 11) is 0. The molecule has 0 aliphatic rings. The van der Waals surface area contributed by atoms with Crippen LogP contribution in [0.25, 0.3) is 5.70 Å². The van der Waals surface area contributed by atoms with E-state index >= 15 is 0 Å². The number of carbonyl (C=O) groups is 1. The van der Waals surface area contributed by atoms with Crippen molar-refractivity contribution in [3.63, 3.8) is 0 Å². The average molecular weight is 166 g/mol. The zero-order chi connectivity index (χ0) is 9.14. The fourth-order valence-electron chi connectivity index (χ4n) is 0.769. The topological polar surface area (TPSA) is 69.1 Å². The molecule has 1 heterocycles. The largest absolute Gasteiger partial charge is 0.440 e. The molecule has 2 N–H and O–H groups in total. The van der Waals surface area contributed by atoms with Crippen molar-refractivity contribution in [3.05, 3.63) is 23.9 Å². The summed E-state index contributed by atoms with van der Waals surface area (Å²) in [5.74, 6) is 0.843. The summed E-state index contributed by atoms with van der Waals surface area (Å²) in [6.07, 6.45) is 2.83. The standard InChI is InChI=1S/C8H10N2O2/c1-5(11)3-7(9)8-10-4-6(2)12-8/h3-4H,9H2,1-2H3/b7-3+. The molecule has 4 heteroatoms. The molecule has 0 radical (unpaired) electrons. The summed E-state index contributed by atoms with van der Waals surface area (Å²) < 4.78 is 5.09. The maximum Gasteiger partial charge on any atom is 0.242 e. The molecule has 4 nitrogen and oxygen atoms in total. The highest BCUT2D eigenvalue weighted by Gasteiger charge is 2.03. The second-order valence-electron chi connectivity index (χ2n) is 2.49. The quantitative estimate of drug-likeness (QED) is 0.662. The Morgan fingerprint density at radius 3 is 2.83 bits per heavy atom. The van der Waals surface area contributed by atoms with E-state index in [1.54, 1.807) is 13.1 Å². The maximum absolute atomic E-state index is 10.6. The predicted octanol–water partition coefficient (Wildman–Crippen LogP) is 0.872. The van der Waals surface area contributed by atoms with E-state index < -0.39 is 0 Å². The zero-order valence-corrected chi connectivity index (χ0v) is 7.00. The van der Waals surface area contributed by atoms with E-state index in [1.807, 2.05) is 0 Å². The lowest BCUT2D eigenvalue weighted by molar-refractivity contribution is -0.112. The maximum atomic E-state index is 10.6. The van der Waals surface area contributed by atoms with Crippen LogP contribution < -0.4 is 5.73 Å². The number of aromatic nitrogens is 1. The Balaban J connectivity index is 2.91. The van der Waals surface area contributed by atoms with E-state index in [1.165, 1.54) is 13.0 Å². The van der Waals surface area contributed by atoms with E-state index in [0.29, 0.717) is 11.7 Å². The van der Waals surface area contributed by atoms with Crippen LogP contribution in [0.4, 0.5) is 0 Å². The van der Waals surface area contributed by atoms with E-state index in [2.05, 4.69) is 4.98 Å². The first kappa shape index (κ1) is 8.52. The van der Waals surface area contributed by atoms with Crippen molar-refractivity contribution in [2.45, 2.75) is 13.8 Å². The number of nitrogens with two attached hydrogens (primary N) is 1. The fourth-order valence-corrected chi connectivity index (χ4v) is 0.769. The van der Waals surface area contributed by atoms with Gasteiger partial charge in [-0.3, -0.25) is 4.79 Å². The van der Waals surface area contributed by atoms with Gasteiger partial charge in [0, 0.05) is 6.08 Å². The molecule has 64 valence electrons. The Morgan fingerprint density at radius 1 is 1.75 bits per heavy atom. The van der Waals surface area contributed by atoms with E-state index in [4.69, 9.17) is 10.2 Å². The number of rotatable bonds is 2. The van der Waals surface area contributed by atoms with Crippen LogP contribution in [0.1, 0.15) is 18.6 Å². The average Bonchev–Trinajstić information content (AvgIpc) is 2.34. The van der Waals surface area contributed by atoms with Gasteiger partial charge in [-0.1, -0.05) is 0 Å². The van der Waals surface area contributed by atoms with Crippen LogP contribution in [0.15, 0.2) is 16.7 Å². The van der Waals surface area contributed by atoms with Gasteiger partial charge in [-0.25, -0.2) is 4.98 Å². The smallest absolute Gasteiger partial charge is 0.242 e. The molecule has 0 bridgehead atoms. The molecule has 0 spiro atoms. The Morgan fingerprint density at radius 2 is 2.42 bits per heavy atom. The molecule has 0 fully saturated rings. The van der Waals surface area contributed by atoms with Crippen molar-refractivity contribution in [2.75, 3.05) is 0 Å². The molecule has 0 aromatic carbocycles. The first-order chi connectivity index (χ1) is 5.59. The molecule has 0 aliphatic heterocycles. The molecule has 0 atom stereocenters. The number of ketones is 1. The van der Waals surface area contributed by atoms with Gasteiger partial charge in [0.2, 0.25) is 5.89 Å². The van der Waals surface area contributed by atoms with E-state index in [9.17, 15) is 4.79 Å². The van der Waals surface area contributed by atoms with Gasteiger partial charge in [-0.05, 0) is 13.8 Å². The lowest BCUT2D eigenvalue weighted by atomic mass is 10.3. The minimum atomic E-state index is -0.122. The Kier molecular flexibility index (Phi) is 2.28. The van der Waals surface area contributed by atoms with Crippen LogP contribution in [0, 0.1) is 6.92 Å². The fraction of sp³-hybridized carbons (Fsp3) is 0.250. The van der Waals surface area contributed by atoms with Gasteiger partial charge in [-0.15, -0.1) is 0 Å². The van der Waals surface area contributed by atoms with Crippen molar-refractivity contribution in [3.8, 4) is 0 Å². The molecule has 0 saturated heterocycles. The number of carbonyl (C=O) groups excluding carboxylic acids is 1. The molecule has 1 aromatic heterocycles. The number of aryl methyl sites for hydroxylation is 1. The second kappa shape index (κ2) is 3.21. The highest BCUT2D eigenvalue weighted by atomic mass is 16.4. The first-order valence-electron chi connectivity index (χ1n) is 3.50. The van der Waals surface area contributed by atoms with Gasteiger partial charge in [0.15, 0.2) is 5.78 Å². The Labute approximate surface area is 70.1 Å². The molecular weight excluding hydrogens is 156 g/mol. The van der Waals surface area contributed by atoms with Crippen LogP contribution in [0.5, 0.6) is 0 Å². The summed E-state index contributed by atoms with van der Waals surface area (Å²) in [5.41, 5.74) is 5.75. The molecule has 1 rings (SSSR count). The summed E-state index contributed by atoms with van der Waals surface area (Å²) in [6.45, 7) is 3.18. The van der Waals surface area contributed by atoms with Gasteiger partial charge < -0.3 is 10.2 Å². The van der Waals surface area contributed by atoms with Crippen LogP contribution in [-0.2, 0) is 4.79 Å². The van der Waals surface area contributed by atoms with Crippen LogP contribution in [0.2, 0.25) is 0 Å². The van der Waals surface area contributed by atoms with Crippen LogP contribution >= 0.6 is 0 Å². The molecule has 0 saturated carbocycles. The number of oxazole rings is 1. The van der Waals surface area contributed by atoms with Gasteiger partial charge in [0.1, 0.15) is 5.76 Å². The molecule has 1 aromatic rings. The number of allylic oxidation sites excluding steroid dienone is 1. The summed E-state index contributed by atoms with van der Waals surface area (Å²) in [6, 6.07) is 0. The van der Waals surface area contributed by atoms with Crippen molar-refractivity contribution < 1.29 is 9.21 Å². The summed E-state index contributed by atoms with van der Waals surface area (Å²) >= 11 is 0. The number of hydrogen-bond donors (Lipinski definition) is 1. The molecule has 0 aliphatic carbocycles. The van der Waals surface area contributed by atoms with Crippen molar-refractivity contribution in [1.82, 2.24) is 4.98 Å². The van der Waals surface area contributed by atoms with Crippen molar-refractivity contribution in [1.29, 1.82) is 0 Å². The normalized spacial score (nSPS) is 11.7. The third-order valence-electron chi connectivity index (χ3n) is 1.23. The highest BCUT2D eigenvalue weighted by molar-refractivity contribution is 5.93. The van der Waals surface area contributed by atoms with Crippen molar-refractivity contribution >= 4 is 11.5 Å². The summed E-state index contributed by atoms with van der Waals surface area (Å²) in [4.78, 5) is 14.5. The third kappa shape index (κ3) is 1.95. The van der Waals surface area contributed by atoms with E-state index in [-0.39, 0.29) is 11.5 Å². The lowest BCUT2D eigenvalue weighted by Gasteiger charge is -1.91. The van der Waals surface area contributed by atoms with Gasteiger partial charge >= 0.3 is 0 Å². The van der Waals surface area contributed by atoms with E-state index in [0.717, 1.165) is 0 Å². The van der Waals surface area contributed by atoms with Crippen molar-refractivity contribution in [2.24, 2.45) is 5.73 Å². The summed E-state index contributed by atoms with van der Waals surface area (Å²) in [5, 5.41) is 0. The SMILES string of the molecule is CC(=O)/C=C(/N)c1ncc(C)o1. The monoisotopic (exact) mass is 166 g/mol. The van der Waals surface area contributed by atoms with Gasteiger partial charge in [0.05, 0.1) is 11.9 Å². The minimum absolute atomic E-state index is 0.122. The first-order valence-corrected chi connectivity index (χ1v) is 3.50. The Bertz CT molecular complexity index is 326. The Hall–Kier alpha value is -1.58. The van der Waals surface area contributed by atoms with Crippen LogP contribution in [0.3, 0.4) is 0 Å².